The Kier molecular flexibility index (Phi) is 3.00. The number of hydrogen-bond donors (Lipinski definition) is 1. The van der Waals surface area contributed by atoms with Crippen LogP contribution in [0.4, 0.5) is 10.8 Å². The maximum Gasteiger partial charge on any atom is 0.326 e. The summed E-state index contributed by atoms with van der Waals surface area (Å²) in [6.45, 7) is 7.19. The number of amides is 2. The van der Waals surface area contributed by atoms with Crippen LogP contribution in [0.1, 0.15) is 30.1 Å². The van der Waals surface area contributed by atoms with Crippen LogP contribution in [0, 0.1) is 13.8 Å². The van der Waals surface area contributed by atoms with E-state index in [1.165, 1.54) is 0 Å². The minimum Gasteiger partial charge on any atom is -0.428 e. The topological polar surface area (TPSA) is 63.3 Å². The summed E-state index contributed by atoms with van der Waals surface area (Å²) in [7, 11) is 0. The lowest BCUT2D eigenvalue weighted by Gasteiger charge is -2.34. The minimum atomic E-state index is -0.175. The van der Waals surface area contributed by atoms with E-state index in [2.05, 4.69) is 14.9 Å². The van der Waals surface area contributed by atoms with Gasteiger partial charge in [0.05, 0.1) is 11.7 Å². The highest BCUT2D eigenvalue weighted by Gasteiger charge is 2.28. The molecule has 106 valence electrons. The van der Waals surface area contributed by atoms with Gasteiger partial charge in [-0.1, -0.05) is 0 Å². The molecule has 1 atom stereocenters. The molecule has 2 aromatic heterocycles. The zero-order valence-corrected chi connectivity index (χ0v) is 11.9. The van der Waals surface area contributed by atoms with E-state index in [0.717, 1.165) is 23.7 Å². The van der Waals surface area contributed by atoms with Crippen molar-refractivity contribution in [3.63, 3.8) is 0 Å². The summed E-state index contributed by atoms with van der Waals surface area (Å²) in [4.78, 5) is 18.3. The Bertz CT molecular complexity index is 624. The Morgan fingerprint density at radius 1 is 1.45 bits per heavy atom. The summed E-state index contributed by atoms with van der Waals surface area (Å²) in [5, 5.41) is 2.73. The van der Waals surface area contributed by atoms with Crippen molar-refractivity contribution in [3.8, 4) is 0 Å². The molecule has 6 heteroatoms. The van der Waals surface area contributed by atoms with Gasteiger partial charge >= 0.3 is 12.0 Å². The third kappa shape index (κ3) is 2.07. The Labute approximate surface area is 117 Å². The number of anilines is 1. The molecule has 0 saturated carbocycles. The zero-order chi connectivity index (χ0) is 14.3. The third-order valence-electron chi connectivity index (χ3n) is 3.85. The molecule has 0 fully saturated rings. The third-order valence-corrected chi connectivity index (χ3v) is 3.85. The average Bonchev–Trinajstić information content (AvgIpc) is 2.98. The number of fused-ring (bicyclic) bond motifs is 1. The molecule has 0 radical (unpaired) electrons. The lowest BCUT2D eigenvalue weighted by atomic mass is 10.1. The largest absolute Gasteiger partial charge is 0.428 e. The Morgan fingerprint density at radius 2 is 2.25 bits per heavy atom. The molecular formula is C14H18N4O2. The summed E-state index contributed by atoms with van der Waals surface area (Å²) in [6, 6.07) is 4.18. The Morgan fingerprint density at radius 3 is 2.95 bits per heavy atom. The van der Waals surface area contributed by atoms with E-state index in [9.17, 15) is 4.79 Å². The molecule has 1 N–H and O–H groups in total. The van der Waals surface area contributed by atoms with E-state index < -0.39 is 0 Å². The molecule has 0 spiro atoms. The number of carbonyl (C=O) groups excluding carboxylic acids is 1. The van der Waals surface area contributed by atoms with E-state index in [-0.39, 0.29) is 18.1 Å². The highest BCUT2D eigenvalue weighted by Crippen LogP contribution is 2.26. The fourth-order valence-corrected chi connectivity index (χ4v) is 2.55. The first-order chi connectivity index (χ1) is 9.56. The fraction of sp³-hybridized carbons (Fsp3) is 0.429. The van der Waals surface area contributed by atoms with Gasteiger partial charge in [0.2, 0.25) is 0 Å². The van der Waals surface area contributed by atoms with E-state index >= 15 is 0 Å². The highest BCUT2D eigenvalue weighted by atomic mass is 16.4. The number of aromatic nitrogens is 2. The molecular weight excluding hydrogens is 256 g/mol. The van der Waals surface area contributed by atoms with Crippen LogP contribution in [0.5, 0.6) is 0 Å². The van der Waals surface area contributed by atoms with E-state index in [1.807, 2.05) is 39.1 Å². The standard InChI is InChI=1S/C14H18N4O2/c1-9-11(3)20-13(15-9)16-14(19)18-8-7-17-6-4-5-12(17)10(18)2/h4-6,10H,7-8H2,1-3H3,(H,15,16,19). The average molecular weight is 274 g/mol. The van der Waals surface area contributed by atoms with Crippen LogP contribution in [0.2, 0.25) is 0 Å². The minimum absolute atomic E-state index is 0.0379. The summed E-state index contributed by atoms with van der Waals surface area (Å²) >= 11 is 0. The normalized spacial score (nSPS) is 17.9. The summed E-state index contributed by atoms with van der Waals surface area (Å²) in [5.41, 5.74) is 1.94. The molecule has 1 aliphatic rings. The molecule has 3 rings (SSSR count). The molecule has 3 heterocycles. The molecule has 0 saturated heterocycles. The number of nitrogens with zero attached hydrogens (tertiary/aromatic N) is 3. The Balaban J connectivity index is 1.75. The molecule has 1 unspecified atom stereocenters. The van der Waals surface area contributed by atoms with Gasteiger partial charge in [-0.25, -0.2) is 4.79 Å². The maximum absolute atomic E-state index is 12.3. The molecule has 0 aliphatic carbocycles. The van der Waals surface area contributed by atoms with Crippen molar-refractivity contribution in [1.29, 1.82) is 0 Å². The van der Waals surface area contributed by atoms with Crippen LogP contribution in [0.3, 0.4) is 0 Å². The zero-order valence-electron chi connectivity index (χ0n) is 11.9. The Hall–Kier alpha value is -2.24. The van der Waals surface area contributed by atoms with Crippen molar-refractivity contribution in [2.75, 3.05) is 11.9 Å². The molecule has 20 heavy (non-hydrogen) atoms. The quantitative estimate of drug-likeness (QED) is 0.869. The lowest BCUT2D eigenvalue weighted by molar-refractivity contribution is 0.174. The van der Waals surface area contributed by atoms with Gasteiger partial charge in [-0.3, -0.25) is 5.32 Å². The molecule has 0 aromatic carbocycles. The fourth-order valence-electron chi connectivity index (χ4n) is 2.55. The van der Waals surface area contributed by atoms with Gasteiger partial charge in [-0.15, -0.1) is 0 Å². The van der Waals surface area contributed by atoms with Crippen molar-refractivity contribution in [2.45, 2.75) is 33.4 Å². The van der Waals surface area contributed by atoms with Crippen LogP contribution in [-0.2, 0) is 6.54 Å². The van der Waals surface area contributed by atoms with Crippen LogP contribution in [-0.4, -0.2) is 27.0 Å². The smallest absolute Gasteiger partial charge is 0.326 e. The molecule has 6 nitrogen and oxygen atoms in total. The molecule has 2 aromatic rings. The number of aryl methyl sites for hydroxylation is 2. The van der Waals surface area contributed by atoms with Gasteiger partial charge in [0.15, 0.2) is 0 Å². The summed E-state index contributed by atoms with van der Waals surface area (Å²) < 4.78 is 7.57. The van der Waals surface area contributed by atoms with E-state index in [4.69, 9.17) is 4.42 Å². The van der Waals surface area contributed by atoms with Crippen molar-refractivity contribution >= 4 is 12.0 Å². The number of urea groups is 1. The molecule has 1 aliphatic heterocycles. The second-order valence-electron chi connectivity index (χ2n) is 5.09. The first kappa shape index (κ1) is 12.8. The first-order valence-corrected chi connectivity index (χ1v) is 6.73. The SMILES string of the molecule is Cc1nc(NC(=O)N2CCn3cccc3C2C)oc1C. The predicted molar refractivity (Wildman–Crippen MR) is 74.5 cm³/mol. The monoisotopic (exact) mass is 274 g/mol. The van der Waals surface area contributed by atoms with Crippen molar-refractivity contribution in [3.05, 3.63) is 35.5 Å². The summed E-state index contributed by atoms with van der Waals surface area (Å²) in [5.74, 6) is 0.723. The first-order valence-electron chi connectivity index (χ1n) is 6.73. The van der Waals surface area contributed by atoms with Crippen molar-refractivity contribution < 1.29 is 9.21 Å². The second kappa shape index (κ2) is 4.70. The van der Waals surface area contributed by atoms with Gasteiger partial charge < -0.3 is 13.9 Å². The van der Waals surface area contributed by atoms with Gasteiger partial charge in [-0.2, -0.15) is 4.98 Å². The van der Waals surface area contributed by atoms with Gasteiger partial charge in [0.25, 0.3) is 0 Å². The van der Waals surface area contributed by atoms with Crippen molar-refractivity contribution in [2.24, 2.45) is 0 Å². The second-order valence-corrected chi connectivity index (χ2v) is 5.09. The maximum atomic E-state index is 12.3. The van der Waals surface area contributed by atoms with E-state index in [1.54, 1.807) is 4.90 Å². The lowest BCUT2D eigenvalue weighted by Crippen LogP contribution is -2.43. The predicted octanol–water partition coefficient (Wildman–Crippen LogP) is 2.70. The van der Waals surface area contributed by atoms with Gasteiger partial charge in [0, 0.05) is 25.0 Å². The van der Waals surface area contributed by atoms with Crippen LogP contribution in [0.15, 0.2) is 22.7 Å². The molecule has 2 amide bonds. The number of nitrogens with one attached hydrogen (secondary N) is 1. The molecule has 0 bridgehead atoms. The number of carbonyl (C=O) groups is 1. The van der Waals surface area contributed by atoms with Crippen molar-refractivity contribution in [1.82, 2.24) is 14.5 Å². The van der Waals surface area contributed by atoms with Gasteiger partial charge in [0.1, 0.15) is 5.76 Å². The van der Waals surface area contributed by atoms with E-state index in [0.29, 0.717) is 6.54 Å². The number of rotatable bonds is 1. The van der Waals surface area contributed by atoms with Crippen LogP contribution in [0.25, 0.3) is 0 Å². The number of hydrogen-bond acceptors (Lipinski definition) is 3. The van der Waals surface area contributed by atoms with Gasteiger partial charge in [-0.05, 0) is 32.9 Å². The summed E-state index contributed by atoms with van der Waals surface area (Å²) in [6.07, 6.45) is 2.04. The number of oxazole rings is 1. The van der Waals surface area contributed by atoms with Crippen LogP contribution >= 0.6 is 0 Å². The highest BCUT2D eigenvalue weighted by molar-refractivity contribution is 5.87. The van der Waals surface area contributed by atoms with Crippen LogP contribution < -0.4 is 5.32 Å².